The van der Waals surface area contributed by atoms with Gasteiger partial charge in [-0.1, -0.05) is 14.4 Å². The molecule has 0 aliphatic carbocycles. The minimum atomic E-state index is 0. The minimum Gasteiger partial charge on any atom is 0 e. The van der Waals surface area contributed by atoms with Gasteiger partial charge in [0.2, 0.25) is 0 Å². The fraction of sp³-hybridized carbons (Fsp3) is 0.889. The third kappa shape index (κ3) is 24.5. The zero-order valence-corrected chi connectivity index (χ0v) is 9.89. The van der Waals surface area contributed by atoms with Crippen molar-refractivity contribution in [3.63, 3.8) is 0 Å². The molecule has 0 amide bonds. The molecule has 1 atom stereocenters. The molecule has 0 aliphatic heterocycles. The van der Waals surface area contributed by atoms with E-state index in [9.17, 15) is 0 Å². The SMILES string of the molecule is C.CC(CO)C[N+](C)(C)C.[C-]#[O+].[Ru]. The molecule has 0 saturated heterocycles. The van der Waals surface area contributed by atoms with Gasteiger partial charge in [-0.3, -0.25) is 0 Å². The molecule has 0 aromatic carbocycles. The topological polar surface area (TPSA) is 40.1 Å². The average molecular weight is 277 g/mol. The van der Waals surface area contributed by atoms with Gasteiger partial charge in [-0.15, -0.1) is 0 Å². The Balaban J connectivity index is -0.0000000941. The number of aliphatic hydroxyl groups excluding tert-OH is 1. The van der Waals surface area contributed by atoms with E-state index in [4.69, 9.17) is 9.76 Å². The second kappa shape index (κ2) is 12.3. The molecule has 1 N–H and O–H groups in total. The standard InChI is InChI=1S/C7H18NO.CO.CH4.Ru/c1-7(6-9)5-8(2,3)4;1-2;;/h7,9H,5-6H2,1-4H3;;1H4;/q+1;;;. The van der Waals surface area contributed by atoms with Crippen LogP contribution in [0.4, 0.5) is 0 Å². The van der Waals surface area contributed by atoms with Crippen LogP contribution in [-0.2, 0) is 24.1 Å². The normalized spacial score (nSPS) is 11.0. The molecule has 0 bridgehead atoms. The predicted molar refractivity (Wildman–Crippen MR) is 49.8 cm³/mol. The van der Waals surface area contributed by atoms with Gasteiger partial charge in [0, 0.05) is 25.4 Å². The fourth-order valence-corrected chi connectivity index (χ4v) is 0.993. The predicted octanol–water partition coefficient (Wildman–Crippen LogP) is 0.917. The van der Waals surface area contributed by atoms with Crippen LogP contribution in [-0.4, -0.2) is 43.9 Å². The van der Waals surface area contributed by atoms with E-state index in [1.165, 1.54) is 0 Å². The molecule has 0 saturated carbocycles. The van der Waals surface area contributed by atoms with Crippen molar-refractivity contribution in [2.24, 2.45) is 5.92 Å². The van der Waals surface area contributed by atoms with Crippen molar-refractivity contribution in [3.05, 3.63) is 6.65 Å². The summed E-state index contributed by atoms with van der Waals surface area (Å²) < 4.78 is 8.43. The van der Waals surface area contributed by atoms with Gasteiger partial charge >= 0.3 is 11.3 Å². The van der Waals surface area contributed by atoms with E-state index in [2.05, 4.69) is 34.7 Å². The molecule has 1 unspecified atom stereocenters. The molecule has 82 valence electrons. The van der Waals surface area contributed by atoms with Crippen LogP contribution in [0.2, 0.25) is 0 Å². The molecule has 0 rings (SSSR count). The third-order valence-corrected chi connectivity index (χ3v) is 1.17. The maximum absolute atomic E-state index is 8.69. The maximum atomic E-state index is 8.69. The molecule has 0 aliphatic rings. The van der Waals surface area contributed by atoms with Gasteiger partial charge in [0.25, 0.3) is 0 Å². The quantitative estimate of drug-likeness (QED) is 0.354. The van der Waals surface area contributed by atoms with Crippen LogP contribution in [0, 0.1) is 12.6 Å². The van der Waals surface area contributed by atoms with Crippen molar-refractivity contribution in [1.29, 1.82) is 0 Å². The van der Waals surface area contributed by atoms with Crippen LogP contribution in [0.25, 0.3) is 0 Å². The van der Waals surface area contributed by atoms with E-state index < -0.39 is 0 Å². The van der Waals surface area contributed by atoms with Crippen LogP contribution in [0.15, 0.2) is 0 Å². The van der Waals surface area contributed by atoms with E-state index >= 15 is 0 Å². The molecule has 0 heterocycles. The molecule has 0 fully saturated rings. The van der Waals surface area contributed by atoms with Gasteiger partial charge in [0.1, 0.15) is 0 Å². The Labute approximate surface area is 95.2 Å². The first-order valence-electron chi connectivity index (χ1n) is 3.57. The Hall–Kier alpha value is 0.283. The van der Waals surface area contributed by atoms with Crippen molar-refractivity contribution in [1.82, 2.24) is 0 Å². The Morgan fingerprint density at radius 1 is 1.31 bits per heavy atom. The summed E-state index contributed by atoms with van der Waals surface area (Å²) in [5.41, 5.74) is 0. The number of aliphatic hydroxyl groups is 1. The van der Waals surface area contributed by atoms with Crippen LogP contribution < -0.4 is 0 Å². The maximum Gasteiger partial charge on any atom is 0 e. The molecule has 0 radical (unpaired) electrons. The monoisotopic (exact) mass is 278 g/mol. The van der Waals surface area contributed by atoms with Gasteiger partial charge in [-0.25, -0.2) is 0 Å². The van der Waals surface area contributed by atoms with Crippen molar-refractivity contribution >= 4 is 0 Å². The number of nitrogens with zero attached hydrogens (tertiary/aromatic N) is 1. The fourth-order valence-electron chi connectivity index (χ4n) is 0.993. The summed E-state index contributed by atoms with van der Waals surface area (Å²) in [6.07, 6.45) is 0. The summed E-state index contributed by atoms with van der Waals surface area (Å²) in [6.45, 7) is 7.90. The van der Waals surface area contributed by atoms with Crippen LogP contribution in [0.5, 0.6) is 0 Å². The zero-order chi connectivity index (χ0) is 9.49. The summed E-state index contributed by atoms with van der Waals surface area (Å²) in [4.78, 5) is 0. The second-order valence-electron chi connectivity index (χ2n) is 3.76. The minimum absolute atomic E-state index is 0. The third-order valence-electron chi connectivity index (χ3n) is 1.17. The Bertz CT molecular complexity index is 110. The Kier molecular flexibility index (Phi) is 22.0. The molecule has 0 aromatic heterocycles. The van der Waals surface area contributed by atoms with E-state index in [0.29, 0.717) is 12.5 Å². The summed E-state index contributed by atoms with van der Waals surface area (Å²) in [7, 11) is 6.39. The van der Waals surface area contributed by atoms with Crippen molar-refractivity contribution in [2.45, 2.75) is 14.4 Å². The van der Waals surface area contributed by atoms with Crippen LogP contribution >= 0.6 is 0 Å². The van der Waals surface area contributed by atoms with Crippen molar-refractivity contribution in [3.8, 4) is 0 Å². The molecule has 0 spiro atoms. The zero-order valence-electron chi connectivity index (χ0n) is 8.15. The number of hydrogen-bond acceptors (Lipinski definition) is 1. The molecule has 13 heavy (non-hydrogen) atoms. The largest absolute Gasteiger partial charge is 0 e. The van der Waals surface area contributed by atoms with Crippen molar-refractivity contribution in [2.75, 3.05) is 34.3 Å². The molecule has 3 nitrogen and oxygen atoms in total. The number of quaternary nitrogens is 1. The molecular weight excluding hydrogens is 255 g/mol. The van der Waals surface area contributed by atoms with E-state index in [1.54, 1.807) is 0 Å². The van der Waals surface area contributed by atoms with Crippen LogP contribution in [0.3, 0.4) is 0 Å². The van der Waals surface area contributed by atoms with Crippen LogP contribution in [0.1, 0.15) is 14.4 Å². The second-order valence-corrected chi connectivity index (χ2v) is 3.76. The Morgan fingerprint density at radius 2 is 1.62 bits per heavy atom. The van der Waals surface area contributed by atoms with Gasteiger partial charge in [-0.2, -0.15) is 0 Å². The van der Waals surface area contributed by atoms with E-state index in [0.717, 1.165) is 11.0 Å². The van der Waals surface area contributed by atoms with Gasteiger partial charge < -0.3 is 9.59 Å². The molecular formula is C9H22NO2Ru+. The number of rotatable bonds is 3. The van der Waals surface area contributed by atoms with Crippen molar-refractivity contribution < 1.29 is 33.7 Å². The van der Waals surface area contributed by atoms with Gasteiger partial charge in [-0.05, 0) is 0 Å². The first kappa shape index (κ1) is 23.3. The summed E-state index contributed by atoms with van der Waals surface area (Å²) in [6, 6.07) is 0. The summed E-state index contributed by atoms with van der Waals surface area (Å²) >= 11 is 0. The van der Waals surface area contributed by atoms with Gasteiger partial charge in [0.15, 0.2) is 0 Å². The van der Waals surface area contributed by atoms with E-state index in [1.807, 2.05) is 0 Å². The first-order chi connectivity index (χ1) is 4.95. The first-order valence-corrected chi connectivity index (χ1v) is 3.57. The summed E-state index contributed by atoms with van der Waals surface area (Å²) in [5, 5.41) is 8.69. The summed E-state index contributed by atoms with van der Waals surface area (Å²) in [5.74, 6) is 0.421. The van der Waals surface area contributed by atoms with Gasteiger partial charge in [0.05, 0.1) is 34.3 Å². The number of hydrogen-bond donors (Lipinski definition) is 1. The Morgan fingerprint density at radius 3 is 1.69 bits per heavy atom. The van der Waals surface area contributed by atoms with E-state index in [-0.39, 0.29) is 26.9 Å². The molecule has 0 aromatic rings. The molecule has 4 heteroatoms. The smallest absolute Gasteiger partial charge is 0 e. The average Bonchev–Trinajstić information content (AvgIpc) is 1.89.